The molecular weight excluding hydrogens is 434 g/mol. The van der Waals surface area contributed by atoms with Gasteiger partial charge in [0.2, 0.25) is 0 Å². The maximum absolute atomic E-state index is 13.0. The van der Waals surface area contributed by atoms with E-state index in [2.05, 4.69) is 20.6 Å². The van der Waals surface area contributed by atoms with Crippen LogP contribution in [0.5, 0.6) is 0 Å². The minimum atomic E-state index is -0.258. The Morgan fingerprint density at radius 1 is 1.20 bits per heavy atom. The van der Waals surface area contributed by atoms with Crippen LogP contribution < -0.4 is 10.6 Å². The first-order valence-electron chi connectivity index (χ1n) is 7.93. The molecule has 0 amide bonds. The number of nitrogens with one attached hydrogen (secondary N) is 2. The molecule has 5 nitrogen and oxygen atoms in total. The van der Waals surface area contributed by atoms with Gasteiger partial charge in [-0.15, -0.1) is 24.0 Å². The summed E-state index contributed by atoms with van der Waals surface area (Å²) in [6.07, 6.45) is 1.56. The number of guanidine groups is 1. The van der Waals surface area contributed by atoms with Gasteiger partial charge < -0.3 is 15.4 Å². The van der Waals surface area contributed by atoms with Crippen molar-refractivity contribution in [1.82, 2.24) is 15.6 Å². The Morgan fingerprint density at radius 2 is 1.96 bits per heavy atom. The van der Waals surface area contributed by atoms with Crippen LogP contribution in [0, 0.1) is 5.82 Å². The van der Waals surface area contributed by atoms with Gasteiger partial charge in [-0.2, -0.15) is 0 Å². The first-order chi connectivity index (χ1) is 11.7. The average molecular weight is 458 g/mol. The number of hydrogen-bond acceptors (Lipinski definition) is 3. The van der Waals surface area contributed by atoms with Crippen LogP contribution in [-0.2, 0) is 11.3 Å². The maximum Gasteiger partial charge on any atom is 0.191 e. The number of aliphatic imine (C=N–C) groups is 1. The molecular formula is C18H24FIN4O. The molecule has 2 N–H and O–H groups in total. The smallest absolute Gasteiger partial charge is 0.191 e. The quantitative estimate of drug-likeness (QED) is 0.380. The Hall–Kier alpha value is -1.74. The van der Waals surface area contributed by atoms with E-state index in [9.17, 15) is 4.39 Å². The zero-order valence-corrected chi connectivity index (χ0v) is 16.7. The van der Waals surface area contributed by atoms with Crippen molar-refractivity contribution in [2.45, 2.75) is 19.6 Å². The van der Waals surface area contributed by atoms with Crippen LogP contribution in [0.3, 0.4) is 0 Å². The molecule has 2 rings (SSSR count). The lowest BCUT2D eigenvalue weighted by Crippen LogP contribution is -2.39. The predicted octanol–water partition coefficient (Wildman–Crippen LogP) is 3.28. The number of halogens is 2. The van der Waals surface area contributed by atoms with E-state index >= 15 is 0 Å². The zero-order valence-electron chi connectivity index (χ0n) is 14.4. The number of aromatic nitrogens is 1. The van der Waals surface area contributed by atoms with Gasteiger partial charge in [-0.05, 0) is 36.8 Å². The van der Waals surface area contributed by atoms with Gasteiger partial charge in [0.15, 0.2) is 5.96 Å². The SMILES string of the molecule is CCNC(=NCc1ccccn1)NCC(OC)c1ccc(F)cc1.I. The topological polar surface area (TPSA) is 58.5 Å². The minimum absolute atomic E-state index is 0. The molecule has 0 spiro atoms. The standard InChI is InChI=1S/C18H23FN4O.HI/c1-3-20-18(22-12-16-6-4-5-11-21-16)23-13-17(24-2)14-7-9-15(19)10-8-14;/h4-11,17H,3,12-13H2,1-2H3,(H2,20,22,23);1H. The molecule has 0 aliphatic heterocycles. The molecule has 1 heterocycles. The molecule has 1 atom stereocenters. The number of rotatable bonds is 7. The molecule has 1 aromatic carbocycles. The van der Waals surface area contributed by atoms with Crippen molar-refractivity contribution in [3.05, 3.63) is 65.7 Å². The van der Waals surface area contributed by atoms with Gasteiger partial charge in [0, 0.05) is 26.4 Å². The second kappa shape index (κ2) is 11.8. The van der Waals surface area contributed by atoms with Gasteiger partial charge >= 0.3 is 0 Å². The van der Waals surface area contributed by atoms with Gasteiger partial charge in [0.1, 0.15) is 5.82 Å². The van der Waals surface area contributed by atoms with Crippen LogP contribution >= 0.6 is 24.0 Å². The Labute approximate surface area is 165 Å². The van der Waals surface area contributed by atoms with Gasteiger partial charge in [0.05, 0.1) is 18.3 Å². The summed E-state index contributed by atoms with van der Waals surface area (Å²) in [6, 6.07) is 12.1. The lowest BCUT2D eigenvalue weighted by molar-refractivity contribution is 0.106. The van der Waals surface area contributed by atoms with Gasteiger partial charge in [0.25, 0.3) is 0 Å². The van der Waals surface area contributed by atoms with Crippen molar-refractivity contribution in [3.8, 4) is 0 Å². The number of nitrogens with zero attached hydrogens (tertiary/aromatic N) is 2. The highest BCUT2D eigenvalue weighted by Crippen LogP contribution is 2.16. The van der Waals surface area contributed by atoms with Crippen molar-refractivity contribution in [3.63, 3.8) is 0 Å². The third kappa shape index (κ3) is 7.35. The molecule has 1 aromatic heterocycles. The summed E-state index contributed by atoms with van der Waals surface area (Å²) in [4.78, 5) is 8.77. The maximum atomic E-state index is 13.0. The number of hydrogen-bond donors (Lipinski definition) is 2. The van der Waals surface area contributed by atoms with Crippen LogP contribution in [0.15, 0.2) is 53.7 Å². The van der Waals surface area contributed by atoms with E-state index in [1.165, 1.54) is 12.1 Å². The van der Waals surface area contributed by atoms with Crippen LogP contribution in [0.25, 0.3) is 0 Å². The summed E-state index contributed by atoms with van der Waals surface area (Å²) in [5.74, 6) is 0.430. The fourth-order valence-electron chi connectivity index (χ4n) is 2.20. The molecule has 0 bridgehead atoms. The fourth-order valence-corrected chi connectivity index (χ4v) is 2.20. The minimum Gasteiger partial charge on any atom is -0.375 e. The monoisotopic (exact) mass is 458 g/mol. The number of ether oxygens (including phenoxy) is 1. The second-order valence-corrected chi connectivity index (χ2v) is 5.17. The number of pyridine rings is 1. The van der Waals surface area contributed by atoms with Crippen LogP contribution in [0.1, 0.15) is 24.3 Å². The van der Waals surface area contributed by atoms with E-state index < -0.39 is 0 Å². The predicted molar refractivity (Wildman–Crippen MR) is 109 cm³/mol. The Kier molecular flexibility index (Phi) is 10.0. The molecule has 0 saturated carbocycles. The molecule has 25 heavy (non-hydrogen) atoms. The third-order valence-electron chi connectivity index (χ3n) is 3.45. The van der Waals surface area contributed by atoms with Gasteiger partial charge in [-0.25, -0.2) is 9.38 Å². The lowest BCUT2D eigenvalue weighted by atomic mass is 10.1. The number of methoxy groups -OCH3 is 1. The van der Waals surface area contributed by atoms with Crippen LogP contribution in [0.4, 0.5) is 4.39 Å². The van der Waals surface area contributed by atoms with Crippen molar-refractivity contribution in [1.29, 1.82) is 0 Å². The van der Waals surface area contributed by atoms with E-state index in [0.717, 1.165) is 17.8 Å². The molecule has 0 fully saturated rings. The zero-order chi connectivity index (χ0) is 17.2. The van der Waals surface area contributed by atoms with E-state index in [1.54, 1.807) is 25.4 Å². The summed E-state index contributed by atoms with van der Waals surface area (Å²) >= 11 is 0. The first kappa shape index (κ1) is 21.3. The first-order valence-corrected chi connectivity index (χ1v) is 7.93. The second-order valence-electron chi connectivity index (χ2n) is 5.17. The van der Waals surface area contributed by atoms with Crippen molar-refractivity contribution >= 4 is 29.9 Å². The third-order valence-corrected chi connectivity index (χ3v) is 3.45. The normalized spacial score (nSPS) is 12.2. The highest BCUT2D eigenvalue weighted by molar-refractivity contribution is 14.0. The summed E-state index contributed by atoms with van der Waals surface area (Å²) < 4.78 is 18.5. The number of benzene rings is 1. The summed E-state index contributed by atoms with van der Waals surface area (Å²) in [6.45, 7) is 3.77. The van der Waals surface area contributed by atoms with Crippen molar-refractivity contribution < 1.29 is 9.13 Å². The summed E-state index contributed by atoms with van der Waals surface area (Å²) in [7, 11) is 1.63. The Bertz CT molecular complexity index is 637. The molecule has 0 radical (unpaired) electrons. The Morgan fingerprint density at radius 3 is 2.56 bits per heavy atom. The van der Waals surface area contributed by atoms with Crippen LogP contribution in [-0.4, -0.2) is 31.1 Å². The summed E-state index contributed by atoms with van der Waals surface area (Å²) in [5.41, 5.74) is 1.81. The van der Waals surface area contributed by atoms with E-state index in [-0.39, 0.29) is 35.9 Å². The molecule has 2 aromatic rings. The highest BCUT2D eigenvalue weighted by Gasteiger charge is 2.11. The lowest BCUT2D eigenvalue weighted by Gasteiger charge is -2.18. The largest absolute Gasteiger partial charge is 0.375 e. The highest BCUT2D eigenvalue weighted by atomic mass is 127. The molecule has 136 valence electrons. The van der Waals surface area contributed by atoms with E-state index in [1.807, 2.05) is 25.1 Å². The summed E-state index contributed by atoms with van der Waals surface area (Å²) in [5, 5.41) is 6.44. The molecule has 7 heteroatoms. The van der Waals surface area contributed by atoms with E-state index in [4.69, 9.17) is 4.74 Å². The van der Waals surface area contributed by atoms with Crippen molar-refractivity contribution in [2.75, 3.05) is 20.2 Å². The van der Waals surface area contributed by atoms with Gasteiger partial charge in [-0.3, -0.25) is 4.98 Å². The van der Waals surface area contributed by atoms with E-state index in [0.29, 0.717) is 19.0 Å². The van der Waals surface area contributed by atoms with Crippen LogP contribution in [0.2, 0.25) is 0 Å². The van der Waals surface area contributed by atoms with Crippen molar-refractivity contribution in [2.24, 2.45) is 4.99 Å². The molecule has 0 aliphatic rings. The Balaban J connectivity index is 0.00000312. The fraction of sp³-hybridized carbons (Fsp3) is 0.333. The molecule has 1 unspecified atom stereocenters. The molecule has 0 aliphatic carbocycles. The van der Waals surface area contributed by atoms with Gasteiger partial charge in [-0.1, -0.05) is 18.2 Å². The average Bonchev–Trinajstić information content (AvgIpc) is 2.62. The molecule has 0 saturated heterocycles.